The van der Waals surface area contributed by atoms with Crippen molar-refractivity contribution in [1.29, 1.82) is 0 Å². The van der Waals surface area contributed by atoms with Crippen LogP contribution in [-0.2, 0) is 9.59 Å². The molecule has 7 nitrogen and oxygen atoms in total. The molecule has 25 heavy (non-hydrogen) atoms. The smallest absolute Gasteiger partial charge is 0.250 e. The molecule has 7 heteroatoms. The van der Waals surface area contributed by atoms with Gasteiger partial charge in [0.1, 0.15) is 5.54 Å². The Morgan fingerprint density at radius 3 is 2.52 bits per heavy atom. The molecule has 1 aromatic carbocycles. The summed E-state index contributed by atoms with van der Waals surface area (Å²) in [6.07, 6.45) is 1.52. The Morgan fingerprint density at radius 2 is 1.88 bits per heavy atom. The van der Waals surface area contributed by atoms with E-state index in [4.69, 9.17) is 5.73 Å². The number of carbonyl (C=O) groups is 2. The number of aliphatic hydroxyl groups is 1. The van der Waals surface area contributed by atoms with Crippen LogP contribution < -0.4 is 16.4 Å². The number of para-hydroxylation sites is 2. The normalized spacial score (nSPS) is 30.6. The Balaban J connectivity index is 1.43. The van der Waals surface area contributed by atoms with Crippen LogP contribution in [0.2, 0.25) is 0 Å². The van der Waals surface area contributed by atoms with Gasteiger partial charge in [-0.2, -0.15) is 0 Å². The number of likely N-dealkylation sites (tertiary alicyclic amines) is 1. The zero-order valence-electron chi connectivity index (χ0n) is 14.1. The van der Waals surface area contributed by atoms with Crippen molar-refractivity contribution in [2.24, 2.45) is 11.7 Å². The first-order chi connectivity index (χ1) is 12.0. The number of piperidine rings is 1. The third kappa shape index (κ3) is 2.77. The maximum absolute atomic E-state index is 12.7. The molecule has 2 heterocycles. The van der Waals surface area contributed by atoms with Crippen LogP contribution in [0.15, 0.2) is 24.3 Å². The number of hydrogen-bond donors (Lipinski definition) is 4. The zero-order valence-corrected chi connectivity index (χ0v) is 14.1. The highest BCUT2D eigenvalue weighted by molar-refractivity contribution is 6.06. The quantitative estimate of drug-likeness (QED) is 0.594. The van der Waals surface area contributed by atoms with E-state index in [0.29, 0.717) is 38.8 Å². The molecule has 1 aliphatic carbocycles. The number of rotatable bonds is 1. The number of fused-ring (bicyclic) bond motifs is 1. The van der Waals surface area contributed by atoms with Crippen LogP contribution in [0.3, 0.4) is 0 Å². The molecule has 134 valence electrons. The maximum Gasteiger partial charge on any atom is 0.250 e. The summed E-state index contributed by atoms with van der Waals surface area (Å²) in [5.41, 5.74) is 6.89. The van der Waals surface area contributed by atoms with Gasteiger partial charge in [0.25, 0.3) is 0 Å². The van der Waals surface area contributed by atoms with Crippen molar-refractivity contribution in [3.8, 4) is 0 Å². The number of amides is 2. The van der Waals surface area contributed by atoms with Gasteiger partial charge in [-0.1, -0.05) is 12.1 Å². The lowest BCUT2D eigenvalue weighted by molar-refractivity contribution is -0.138. The fourth-order valence-electron chi connectivity index (χ4n) is 4.23. The van der Waals surface area contributed by atoms with Crippen molar-refractivity contribution in [3.63, 3.8) is 0 Å². The van der Waals surface area contributed by atoms with Gasteiger partial charge in [-0.25, -0.2) is 0 Å². The van der Waals surface area contributed by atoms with Crippen molar-refractivity contribution >= 4 is 23.2 Å². The van der Waals surface area contributed by atoms with E-state index in [0.717, 1.165) is 11.4 Å². The Hall–Kier alpha value is -2.12. The van der Waals surface area contributed by atoms with Crippen LogP contribution in [0.1, 0.15) is 25.7 Å². The molecule has 1 saturated carbocycles. The van der Waals surface area contributed by atoms with Gasteiger partial charge in [0, 0.05) is 25.0 Å². The van der Waals surface area contributed by atoms with Crippen molar-refractivity contribution in [2.45, 2.75) is 43.4 Å². The summed E-state index contributed by atoms with van der Waals surface area (Å²) in [6.45, 7) is 1.06. The number of anilines is 2. The molecule has 1 saturated heterocycles. The second-order valence-electron chi connectivity index (χ2n) is 7.43. The van der Waals surface area contributed by atoms with Crippen LogP contribution in [0.4, 0.5) is 11.4 Å². The minimum absolute atomic E-state index is 0.0309. The molecule has 2 fully saturated rings. The van der Waals surface area contributed by atoms with Crippen molar-refractivity contribution < 1.29 is 14.7 Å². The molecular weight excluding hydrogens is 320 g/mol. The molecule has 3 aliphatic rings. The number of aliphatic hydroxyl groups excluding tert-OH is 1. The van der Waals surface area contributed by atoms with Crippen LogP contribution in [0.5, 0.6) is 0 Å². The van der Waals surface area contributed by atoms with Gasteiger partial charge in [-0.3, -0.25) is 9.59 Å². The first-order valence-corrected chi connectivity index (χ1v) is 8.90. The lowest BCUT2D eigenvalue weighted by Crippen LogP contribution is -2.59. The maximum atomic E-state index is 12.7. The van der Waals surface area contributed by atoms with E-state index in [2.05, 4.69) is 10.6 Å². The summed E-state index contributed by atoms with van der Waals surface area (Å²) in [4.78, 5) is 27.1. The van der Waals surface area contributed by atoms with Crippen molar-refractivity contribution in [3.05, 3.63) is 24.3 Å². The van der Waals surface area contributed by atoms with E-state index < -0.39 is 11.6 Å². The van der Waals surface area contributed by atoms with Crippen LogP contribution in [0.25, 0.3) is 0 Å². The van der Waals surface area contributed by atoms with Crippen LogP contribution in [0, 0.1) is 5.92 Å². The van der Waals surface area contributed by atoms with E-state index in [9.17, 15) is 14.7 Å². The van der Waals surface area contributed by atoms with Crippen LogP contribution >= 0.6 is 0 Å². The minimum Gasteiger partial charge on any atom is -0.391 e. The van der Waals surface area contributed by atoms with Gasteiger partial charge >= 0.3 is 0 Å². The molecule has 2 aliphatic heterocycles. The van der Waals surface area contributed by atoms with E-state index in [1.54, 1.807) is 0 Å². The topological polar surface area (TPSA) is 108 Å². The average molecular weight is 344 g/mol. The molecule has 2 amide bonds. The second kappa shape index (κ2) is 6.00. The van der Waals surface area contributed by atoms with Gasteiger partial charge in [0.05, 0.1) is 17.5 Å². The van der Waals surface area contributed by atoms with Gasteiger partial charge in [0.2, 0.25) is 11.8 Å². The monoisotopic (exact) mass is 344 g/mol. The Morgan fingerprint density at radius 1 is 1.20 bits per heavy atom. The Bertz CT molecular complexity index is 689. The summed E-state index contributed by atoms with van der Waals surface area (Å²) < 4.78 is 0. The molecule has 5 N–H and O–H groups in total. The van der Waals surface area contributed by atoms with Gasteiger partial charge in [0.15, 0.2) is 0 Å². The highest BCUT2D eigenvalue weighted by Gasteiger charge is 2.46. The predicted molar refractivity (Wildman–Crippen MR) is 93.9 cm³/mol. The van der Waals surface area contributed by atoms with E-state index in [-0.39, 0.29) is 23.8 Å². The first kappa shape index (κ1) is 16.4. The fourth-order valence-corrected chi connectivity index (χ4v) is 4.23. The van der Waals surface area contributed by atoms with Gasteiger partial charge in [-0.05, 0) is 37.8 Å². The number of hydrogen-bond acceptors (Lipinski definition) is 5. The molecule has 0 radical (unpaired) electrons. The third-order valence-corrected chi connectivity index (χ3v) is 5.84. The highest BCUT2D eigenvalue weighted by Crippen LogP contribution is 2.37. The molecule has 4 rings (SSSR count). The van der Waals surface area contributed by atoms with Gasteiger partial charge < -0.3 is 26.4 Å². The number of nitrogens with zero attached hydrogens (tertiary/aromatic N) is 1. The Kier molecular flexibility index (Phi) is 3.92. The predicted octanol–water partition coefficient (Wildman–Crippen LogP) is 0.510. The van der Waals surface area contributed by atoms with Crippen molar-refractivity contribution in [1.82, 2.24) is 4.90 Å². The van der Waals surface area contributed by atoms with Crippen molar-refractivity contribution in [2.75, 3.05) is 23.7 Å². The standard InChI is InChI=1S/C18H24N4O3/c19-12-9-11(10-15(12)23)16(24)22-7-5-18(6-8-22)17(25)20-13-3-1-2-4-14(13)21-18/h1-4,11-12,15,21,23H,5-10,19H2,(H,20,25)/t11-,12+,15+/m0/s1. The molecular formula is C18H24N4O3. The summed E-state index contributed by atoms with van der Waals surface area (Å²) in [6, 6.07) is 7.34. The zero-order chi connectivity index (χ0) is 17.6. The summed E-state index contributed by atoms with van der Waals surface area (Å²) in [7, 11) is 0. The molecule has 0 bridgehead atoms. The fraction of sp³-hybridized carbons (Fsp3) is 0.556. The van der Waals surface area contributed by atoms with E-state index in [1.807, 2.05) is 29.2 Å². The van der Waals surface area contributed by atoms with E-state index in [1.165, 1.54) is 0 Å². The summed E-state index contributed by atoms with van der Waals surface area (Å²) in [5.74, 6) is -0.178. The molecule has 3 atom stereocenters. The highest BCUT2D eigenvalue weighted by atomic mass is 16.3. The second-order valence-corrected chi connectivity index (χ2v) is 7.43. The number of nitrogens with two attached hydrogens (primary N) is 1. The summed E-state index contributed by atoms with van der Waals surface area (Å²) >= 11 is 0. The Labute approximate surface area is 146 Å². The van der Waals surface area contributed by atoms with E-state index >= 15 is 0 Å². The molecule has 1 spiro atoms. The van der Waals surface area contributed by atoms with Gasteiger partial charge in [-0.15, -0.1) is 0 Å². The summed E-state index contributed by atoms with van der Waals surface area (Å²) in [5, 5.41) is 16.2. The largest absolute Gasteiger partial charge is 0.391 e. The average Bonchev–Trinajstić information content (AvgIpc) is 2.95. The third-order valence-electron chi connectivity index (χ3n) is 5.84. The molecule has 0 aromatic heterocycles. The number of nitrogens with one attached hydrogen (secondary N) is 2. The lowest BCUT2D eigenvalue weighted by Gasteiger charge is -2.44. The molecule has 0 unspecified atom stereocenters. The van der Waals surface area contributed by atoms with Crippen LogP contribution in [-0.4, -0.2) is 52.6 Å². The minimum atomic E-state index is -0.656. The molecule has 1 aromatic rings. The number of carbonyl (C=O) groups excluding carboxylic acids is 2. The number of benzene rings is 1. The lowest BCUT2D eigenvalue weighted by atomic mass is 9.84. The SMILES string of the molecule is N[C@@H]1C[C@H](C(=O)N2CCC3(CC2)Nc2ccccc2NC3=O)C[C@H]1O. The first-order valence-electron chi connectivity index (χ1n) is 8.90.